The summed E-state index contributed by atoms with van der Waals surface area (Å²) in [4.78, 5) is 11.7. The van der Waals surface area contributed by atoms with Crippen molar-refractivity contribution >= 4 is 5.97 Å². The van der Waals surface area contributed by atoms with Gasteiger partial charge in [-0.25, -0.2) is 0 Å². The summed E-state index contributed by atoms with van der Waals surface area (Å²) >= 11 is 0. The minimum absolute atomic E-state index is 0.00273. The maximum atomic E-state index is 11.7. The van der Waals surface area contributed by atoms with E-state index in [0.29, 0.717) is 23.7 Å². The lowest BCUT2D eigenvalue weighted by molar-refractivity contribution is -0.192. The quantitative estimate of drug-likeness (QED) is 0.549. The summed E-state index contributed by atoms with van der Waals surface area (Å²) in [5.41, 5.74) is 1.72. The molecule has 0 aliphatic heterocycles. The molecule has 0 unspecified atom stereocenters. The van der Waals surface area contributed by atoms with Crippen LogP contribution in [0.3, 0.4) is 0 Å². The number of fused-ring (bicyclic) bond motifs is 1. The van der Waals surface area contributed by atoms with Gasteiger partial charge in [-0.3, -0.25) is 4.79 Å². The van der Waals surface area contributed by atoms with Gasteiger partial charge in [-0.15, -0.1) is 0 Å². The summed E-state index contributed by atoms with van der Waals surface area (Å²) in [5.74, 6) is 0.977. The maximum absolute atomic E-state index is 11.7. The molecule has 0 aromatic carbocycles. The zero-order chi connectivity index (χ0) is 12.6. The molecule has 1 fully saturated rings. The van der Waals surface area contributed by atoms with E-state index in [4.69, 9.17) is 4.74 Å². The van der Waals surface area contributed by atoms with E-state index in [0.717, 1.165) is 19.3 Å². The lowest BCUT2D eigenvalue weighted by Crippen LogP contribution is -2.61. The van der Waals surface area contributed by atoms with Crippen LogP contribution in [0.2, 0.25) is 0 Å². The first-order valence-electron chi connectivity index (χ1n) is 6.84. The number of hydrogen-bond acceptors (Lipinski definition) is 2. The van der Waals surface area contributed by atoms with Gasteiger partial charge in [-0.05, 0) is 25.2 Å². The van der Waals surface area contributed by atoms with Gasteiger partial charge in [0.2, 0.25) is 0 Å². The topological polar surface area (TPSA) is 26.3 Å². The van der Waals surface area contributed by atoms with Gasteiger partial charge >= 0.3 is 5.97 Å². The molecule has 96 valence electrons. The van der Waals surface area contributed by atoms with E-state index in [1.807, 2.05) is 0 Å². The molecule has 2 bridgehead atoms. The second-order valence-electron chi connectivity index (χ2n) is 6.15. The second kappa shape index (κ2) is 4.47. The largest absolute Gasteiger partial charge is 0.461 e. The Hall–Kier alpha value is -0.790. The lowest BCUT2D eigenvalue weighted by Gasteiger charge is -2.60. The predicted octanol–water partition coefficient (Wildman–Crippen LogP) is 3.71. The van der Waals surface area contributed by atoms with Crippen LogP contribution in [-0.2, 0) is 9.53 Å². The highest BCUT2D eigenvalue weighted by Crippen LogP contribution is 2.60. The highest BCUT2D eigenvalue weighted by Gasteiger charge is 2.60. The zero-order valence-corrected chi connectivity index (χ0v) is 11.5. The van der Waals surface area contributed by atoms with Crippen molar-refractivity contribution in [2.24, 2.45) is 17.3 Å². The standard InChI is InChI=1S/C15H24O2/c1-5-6-7-12(16)17-14-11-9-8-10(2)13(14)15(11,3)4/h8,11,13-14H,5-7,9H2,1-4H3/t11-,13+,14+/m0/s1. The minimum atomic E-state index is -0.00273. The molecule has 0 spiro atoms. The molecule has 17 heavy (non-hydrogen) atoms. The van der Waals surface area contributed by atoms with E-state index >= 15 is 0 Å². The fraction of sp³-hybridized carbons (Fsp3) is 0.800. The summed E-state index contributed by atoms with van der Waals surface area (Å²) in [7, 11) is 0. The first kappa shape index (κ1) is 12.7. The molecule has 3 aliphatic carbocycles. The van der Waals surface area contributed by atoms with Crippen molar-refractivity contribution in [1.82, 2.24) is 0 Å². The monoisotopic (exact) mass is 236 g/mol. The van der Waals surface area contributed by atoms with E-state index in [9.17, 15) is 4.79 Å². The molecular formula is C15H24O2. The van der Waals surface area contributed by atoms with Gasteiger partial charge < -0.3 is 4.74 Å². The molecule has 3 aliphatic rings. The van der Waals surface area contributed by atoms with E-state index < -0.39 is 0 Å². The average Bonchev–Trinajstić information content (AvgIpc) is 2.25. The summed E-state index contributed by atoms with van der Waals surface area (Å²) in [6.07, 6.45) is 6.11. The van der Waals surface area contributed by atoms with Gasteiger partial charge in [0, 0.05) is 18.3 Å². The molecule has 0 aromatic heterocycles. The normalized spacial score (nSPS) is 33.6. The number of esters is 1. The Bertz CT molecular complexity index is 341. The van der Waals surface area contributed by atoms with Gasteiger partial charge in [0.25, 0.3) is 0 Å². The van der Waals surface area contributed by atoms with Crippen molar-refractivity contribution < 1.29 is 9.53 Å². The Morgan fingerprint density at radius 2 is 2.24 bits per heavy atom. The number of rotatable bonds is 4. The number of carbonyl (C=O) groups is 1. The Morgan fingerprint density at radius 3 is 2.76 bits per heavy atom. The molecule has 0 radical (unpaired) electrons. The number of allylic oxidation sites excluding steroid dienone is 1. The van der Waals surface area contributed by atoms with Gasteiger partial charge in [-0.1, -0.05) is 38.8 Å². The first-order chi connectivity index (χ1) is 7.98. The van der Waals surface area contributed by atoms with E-state index in [-0.39, 0.29) is 12.1 Å². The molecule has 0 N–H and O–H groups in total. The summed E-state index contributed by atoms with van der Waals surface area (Å²) in [6, 6.07) is 0. The van der Waals surface area contributed by atoms with Gasteiger partial charge in [0.05, 0.1) is 0 Å². The molecule has 0 heterocycles. The summed E-state index contributed by atoms with van der Waals surface area (Å²) in [5, 5.41) is 0. The highest BCUT2D eigenvalue weighted by molar-refractivity contribution is 5.69. The van der Waals surface area contributed by atoms with Crippen molar-refractivity contribution in [3.8, 4) is 0 Å². The van der Waals surface area contributed by atoms with Crippen LogP contribution < -0.4 is 0 Å². The second-order valence-corrected chi connectivity index (χ2v) is 6.15. The highest BCUT2D eigenvalue weighted by atomic mass is 16.5. The van der Waals surface area contributed by atoms with Crippen molar-refractivity contribution in [3.05, 3.63) is 11.6 Å². The predicted molar refractivity (Wildman–Crippen MR) is 68.5 cm³/mol. The van der Waals surface area contributed by atoms with E-state index in [2.05, 4.69) is 33.8 Å². The van der Waals surface area contributed by atoms with E-state index in [1.54, 1.807) is 0 Å². The van der Waals surface area contributed by atoms with Crippen LogP contribution in [0.4, 0.5) is 0 Å². The van der Waals surface area contributed by atoms with Crippen LogP contribution in [0.5, 0.6) is 0 Å². The first-order valence-corrected chi connectivity index (χ1v) is 6.84. The molecule has 3 rings (SSSR count). The van der Waals surface area contributed by atoms with Gasteiger partial charge in [0.1, 0.15) is 6.10 Å². The van der Waals surface area contributed by atoms with Gasteiger partial charge in [-0.2, -0.15) is 0 Å². The van der Waals surface area contributed by atoms with Crippen LogP contribution in [-0.4, -0.2) is 12.1 Å². The van der Waals surface area contributed by atoms with Crippen LogP contribution in [0.25, 0.3) is 0 Å². The summed E-state index contributed by atoms with van der Waals surface area (Å²) in [6.45, 7) is 8.88. The third-order valence-corrected chi connectivity index (χ3v) is 4.67. The Kier molecular flexibility index (Phi) is 3.33. The van der Waals surface area contributed by atoms with Crippen molar-refractivity contribution in [1.29, 1.82) is 0 Å². The molecular weight excluding hydrogens is 212 g/mol. The smallest absolute Gasteiger partial charge is 0.306 e. The Morgan fingerprint density at radius 1 is 1.53 bits per heavy atom. The lowest BCUT2D eigenvalue weighted by atomic mass is 9.47. The number of hydrogen-bond donors (Lipinski definition) is 0. The molecule has 1 saturated carbocycles. The van der Waals surface area contributed by atoms with Crippen LogP contribution in [0.15, 0.2) is 11.6 Å². The molecule has 0 saturated heterocycles. The number of carbonyl (C=O) groups excluding carboxylic acids is 1. The van der Waals surface area contributed by atoms with Crippen molar-refractivity contribution in [3.63, 3.8) is 0 Å². The Labute approximate surface area is 104 Å². The molecule has 3 atom stereocenters. The molecule has 0 aromatic rings. The fourth-order valence-electron chi connectivity index (χ4n) is 3.60. The van der Waals surface area contributed by atoms with E-state index in [1.165, 1.54) is 5.57 Å². The van der Waals surface area contributed by atoms with Gasteiger partial charge in [0.15, 0.2) is 0 Å². The van der Waals surface area contributed by atoms with Crippen LogP contribution >= 0.6 is 0 Å². The SMILES string of the molecule is CCCCC(=O)O[C@H]1[C@H]2C(C)=CC[C@@H]1C2(C)C. The molecule has 2 heteroatoms. The third kappa shape index (κ3) is 2.02. The number of ether oxygens (including phenoxy) is 1. The van der Waals surface area contributed by atoms with Crippen molar-refractivity contribution in [2.75, 3.05) is 0 Å². The minimum Gasteiger partial charge on any atom is -0.461 e. The molecule has 0 amide bonds. The Balaban J connectivity index is 1.97. The number of unbranched alkanes of at least 4 members (excludes halogenated alkanes) is 1. The molecule has 2 nitrogen and oxygen atoms in total. The summed E-state index contributed by atoms with van der Waals surface area (Å²) < 4.78 is 5.68. The zero-order valence-electron chi connectivity index (χ0n) is 11.5. The van der Waals surface area contributed by atoms with Crippen LogP contribution in [0.1, 0.15) is 53.4 Å². The van der Waals surface area contributed by atoms with Crippen LogP contribution in [0, 0.1) is 17.3 Å². The fourth-order valence-corrected chi connectivity index (χ4v) is 3.60. The maximum Gasteiger partial charge on any atom is 0.306 e. The third-order valence-electron chi connectivity index (χ3n) is 4.67. The average molecular weight is 236 g/mol. The van der Waals surface area contributed by atoms with Crippen molar-refractivity contribution in [2.45, 2.75) is 59.5 Å².